The lowest BCUT2D eigenvalue weighted by Gasteiger charge is -2.50. The minimum absolute atomic E-state index is 0.589. The highest BCUT2D eigenvalue weighted by atomic mass is 15.2. The van der Waals surface area contributed by atoms with Crippen LogP contribution in [0.25, 0.3) is 0 Å². The number of likely N-dealkylation sites (tertiary alicyclic amines) is 1. The molecular weight excluding hydrogens is 172 g/mol. The van der Waals surface area contributed by atoms with Gasteiger partial charge in [0.1, 0.15) is 0 Å². The van der Waals surface area contributed by atoms with Crippen LogP contribution >= 0.6 is 0 Å². The number of nitrogens with zero attached hydrogens (tertiary/aromatic N) is 1. The Balaban J connectivity index is 1.63. The Hall–Kier alpha value is -0.0800. The Morgan fingerprint density at radius 1 is 1.07 bits per heavy atom. The van der Waals surface area contributed by atoms with Crippen LogP contribution in [0, 0.1) is 0 Å². The molecule has 0 aromatic rings. The van der Waals surface area contributed by atoms with Crippen LogP contribution in [0.2, 0.25) is 0 Å². The topological polar surface area (TPSA) is 15.3 Å². The average molecular weight is 194 g/mol. The lowest BCUT2D eigenvalue weighted by molar-refractivity contribution is 0.0726. The van der Waals surface area contributed by atoms with Crippen molar-refractivity contribution in [3.05, 3.63) is 0 Å². The zero-order valence-corrected chi connectivity index (χ0v) is 9.10. The largest absolute Gasteiger partial charge is 0.311 e. The van der Waals surface area contributed by atoms with Gasteiger partial charge in [0.05, 0.1) is 0 Å². The molecule has 1 aliphatic carbocycles. The van der Waals surface area contributed by atoms with Crippen LogP contribution in [0.1, 0.15) is 44.9 Å². The van der Waals surface area contributed by atoms with Gasteiger partial charge in [0.15, 0.2) is 0 Å². The summed E-state index contributed by atoms with van der Waals surface area (Å²) in [6, 6.07) is 0.916. The van der Waals surface area contributed by atoms with Crippen molar-refractivity contribution in [3.63, 3.8) is 0 Å². The molecule has 0 amide bonds. The molecule has 1 spiro atoms. The molecule has 2 aliphatic heterocycles. The minimum atomic E-state index is 0.589. The molecule has 0 aromatic carbocycles. The minimum Gasteiger partial charge on any atom is -0.311 e. The molecule has 3 rings (SSSR count). The Morgan fingerprint density at radius 2 is 1.86 bits per heavy atom. The molecule has 3 fully saturated rings. The van der Waals surface area contributed by atoms with Crippen LogP contribution in [-0.4, -0.2) is 36.1 Å². The fourth-order valence-corrected chi connectivity index (χ4v) is 3.53. The van der Waals surface area contributed by atoms with Crippen LogP contribution in [0.4, 0.5) is 0 Å². The fourth-order valence-electron chi connectivity index (χ4n) is 3.53. The first kappa shape index (κ1) is 9.17. The molecule has 0 bridgehead atoms. The summed E-state index contributed by atoms with van der Waals surface area (Å²) in [5.41, 5.74) is 0.589. The van der Waals surface area contributed by atoms with E-state index >= 15 is 0 Å². The number of rotatable bonds is 1. The smallest absolute Gasteiger partial charge is 0.0196 e. The van der Waals surface area contributed by atoms with Gasteiger partial charge >= 0.3 is 0 Å². The molecule has 0 aromatic heterocycles. The molecule has 1 saturated carbocycles. The molecular formula is C12H22N2. The van der Waals surface area contributed by atoms with E-state index < -0.39 is 0 Å². The van der Waals surface area contributed by atoms with E-state index in [0.29, 0.717) is 5.54 Å². The highest BCUT2D eigenvalue weighted by Gasteiger charge is 2.42. The van der Waals surface area contributed by atoms with Crippen LogP contribution in [0.15, 0.2) is 0 Å². The van der Waals surface area contributed by atoms with Gasteiger partial charge < -0.3 is 10.2 Å². The van der Waals surface area contributed by atoms with Crippen molar-refractivity contribution in [3.8, 4) is 0 Å². The monoisotopic (exact) mass is 194 g/mol. The van der Waals surface area contributed by atoms with Gasteiger partial charge in [-0.25, -0.2) is 0 Å². The number of hydrogen-bond acceptors (Lipinski definition) is 2. The third-order valence-electron chi connectivity index (χ3n) is 4.57. The molecule has 1 atom stereocenters. The van der Waals surface area contributed by atoms with Crippen LogP contribution < -0.4 is 5.32 Å². The van der Waals surface area contributed by atoms with Crippen molar-refractivity contribution in [2.75, 3.05) is 19.6 Å². The molecule has 2 heterocycles. The quantitative estimate of drug-likeness (QED) is 0.684. The molecule has 2 heteroatoms. The molecule has 3 aliphatic rings. The summed E-state index contributed by atoms with van der Waals surface area (Å²) in [4.78, 5) is 2.75. The zero-order valence-electron chi connectivity index (χ0n) is 9.10. The zero-order chi connectivity index (χ0) is 9.43. The molecule has 14 heavy (non-hydrogen) atoms. The predicted molar refractivity (Wildman–Crippen MR) is 58.4 cm³/mol. The van der Waals surface area contributed by atoms with Gasteiger partial charge in [-0.2, -0.15) is 0 Å². The van der Waals surface area contributed by atoms with E-state index in [4.69, 9.17) is 0 Å². The van der Waals surface area contributed by atoms with Crippen molar-refractivity contribution < 1.29 is 0 Å². The van der Waals surface area contributed by atoms with Crippen LogP contribution in [0.3, 0.4) is 0 Å². The van der Waals surface area contributed by atoms with Gasteiger partial charge in [-0.1, -0.05) is 0 Å². The molecule has 1 unspecified atom stereocenters. The number of piperidine rings is 1. The molecule has 2 saturated heterocycles. The summed E-state index contributed by atoms with van der Waals surface area (Å²) in [7, 11) is 0. The predicted octanol–water partition coefficient (Wildman–Crippen LogP) is 1.76. The maximum absolute atomic E-state index is 3.76. The van der Waals surface area contributed by atoms with E-state index in [1.165, 1.54) is 64.6 Å². The summed E-state index contributed by atoms with van der Waals surface area (Å²) < 4.78 is 0. The second kappa shape index (κ2) is 3.49. The first-order valence-electron chi connectivity index (χ1n) is 6.37. The standard InChI is InChI=1S/C12H22N2/c1-2-9-14(8-1)11-4-7-13-12(10-11)5-3-6-12/h11,13H,1-10H2. The van der Waals surface area contributed by atoms with Crippen molar-refractivity contribution in [2.45, 2.75) is 56.5 Å². The summed E-state index contributed by atoms with van der Waals surface area (Å²) >= 11 is 0. The first-order chi connectivity index (χ1) is 6.88. The second-order valence-corrected chi connectivity index (χ2v) is 5.45. The third-order valence-corrected chi connectivity index (χ3v) is 4.57. The maximum Gasteiger partial charge on any atom is 0.0196 e. The summed E-state index contributed by atoms with van der Waals surface area (Å²) in [6.45, 7) is 4.02. The van der Waals surface area contributed by atoms with Gasteiger partial charge in [0.2, 0.25) is 0 Å². The van der Waals surface area contributed by atoms with Crippen molar-refractivity contribution in [2.24, 2.45) is 0 Å². The molecule has 1 N–H and O–H groups in total. The summed E-state index contributed by atoms with van der Waals surface area (Å²) in [5, 5.41) is 3.76. The van der Waals surface area contributed by atoms with Gasteiger partial charge in [-0.15, -0.1) is 0 Å². The Bertz CT molecular complexity index is 204. The van der Waals surface area contributed by atoms with Gasteiger partial charge in [0, 0.05) is 11.6 Å². The van der Waals surface area contributed by atoms with Crippen molar-refractivity contribution >= 4 is 0 Å². The Kier molecular flexibility index (Phi) is 2.29. The van der Waals surface area contributed by atoms with Crippen molar-refractivity contribution in [1.29, 1.82) is 0 Å². The third kappa shape index (κ3) is 1.49. The molecule has 80 valence electrons. The molecule has 0 radical (unpaired) electrons. The van der Waals surface area contributed by atoms with E-state index in [1.54, 1.807) is 0 Å². The Morgan fingerprint density at radius 3 is 2.50 bits per heavy atom. The SMILES string of the molecule is C1CCN(C2CCNC3(CCC3)C2)C1. The van der Waals surface area contributed by atoms with E-state index in [9.17, 15) is 0 Å². The van der Waals surface area contributed by atoms with Gasteiger partial charge in [-0.3, -0.25) is 0 Å². The van der Waals surface area contributed by atoms with Crippen LogP contribution in [-0.2, 0) is 0 Å². The van der Waals surface area contributed by atoms with Crippen molar-refractivity contribution in [1.82, 2.24) is 10.2 Å². The highest BCUT2D eigenvalue weighted by Crippen LogP contribution is 2.39. The lowest BCUT2D eigenvalue weighted by Crippen LogP contribution is -2.59. The lowest BCUT2D eigenvalue weighted by atomic mass is 9.70. The normalized spacial score (nSPS) is 37.3. The highest BCUT2D eigenvalue weighted by molar-refractivity contribution is 5.02. The average Bonchev–Trinajstić information content (AvgIpc) is 2.68. The maximum atomic E-state index is 3.76. The summed E-state index contributed by atoms with van der Waals surface area (Å²) in [5.74, 6) is 0. The number of nitrogens with one attached hydrogen (secondary N) is 1. The van der Waals surface area contributed by atoms with Gasteiger partial charge in [0.25, 0.3) is 0 Å². The second-order valence-electron chi connectivity index (χ2n) is 5.45. The fraction of sp³-hybridized carbons (Fsp3) is 1.00. The first-order valence-corrected chi connectivity index (χ1v) is 6.37. The number of hydrogen-bond donors (Lipinski definition) is 1. The Labute approximate surface area is 87.0 Å². The summed E-state index contributed by atoms with van der Waals surface area (Å²) in [6.07, 6.45) is 10.1. The van der Waals surface area contributed by atoms with E-state index in [0.717, 1.165) is 6.04 Å². The van der Waals surface area contributed by atoms with Gasteiger partial charge in [-0.05, 0) is 64.6 Å². The van der Waals surface area contributed by atoms with E-state index in [2.05, 4.69) is 10.2 Å². The molecule has 2 nitrogen and oxygen atoms in total. The van der Waals surface area contributed by atoms with E-state index in [1.807, 2.05) is 0 Å². The van der Waals surface area contributed by atoms with Crippen LogP contribution in [0.5, 0.6) is 0 Å². The van der Waals surface area contributed by atoms with E-state index in [-0.39, 0.29) is 0 Å².